The topological polar surface area (TPSA) is 96.3 Å². The lowest BCUT2D eigenvalue weighted by molar-refractivity contribution is 0.482. The van der Waals surface area contributed by atoms with E-state index >= 15 is 0 Å². The Labute approximate surface area is 183 Å². The van der Waals surface area contributed by atoms with Gasteiger partial charge >= 0.3 is 0 Å². The fraction of sp³-hybridized carbons (Fsp3) is 0.0952. The second-order valence-electron chi connectivity index (χ2n) is 6.80. The molecule has 0 bridgehead atoms. The highest BCUT2D eigenvalue weighted by molar-refractivity contribution is 7.77. The summed E-state index contributed by atoms with van der Waals surface area (Å²) in [5.41, 5.74) is 2.31. The van der Waals surface area contributed by atoms with Gasteiger partial charge in [0.15, 0.2) is 0 Å². The van der Waals surface area contributed by atoms with Gasteiger partial charge in [-0.1, -0.05) is 17.7 Å². The van der Waals surface area contributed by atoms with Gasteiger partial charge in [-0.15, -0.1) is 0 Å². The normalized spacial score (nSPS) is 12.3. The molecule has 0 aliphatic carbocycles. The van der Waals surface area contributed by atoms with Crippen molar-refractivity contribution in [3.63, 3.8) is 0 Å². The van der Waals surface area contributed by atoms with Crippen molar-refractivity contribution in [3.8, 4) is 22.6 Å². The Morgan fingerprint density at radius 1 is 1.19 bits per heavy atom. The fourth-order valence-electron chi connectivity index (χ4n) is 3.29. The van der Waals surface area contributed by atoms with Crippen LogP contribution in [-0.4, -0.2) is 18.3 Å². The third kappa shape index (κ3) is 4.40. The van der Waals surface area contributed by atoms with E-state index in [-0.39, 0.29) is 22.9 Å². The molecule has 160 valence electrons. The fourth-order valence-corrected chi connectivity index (χ4v) is 3.79. The molecule has 0 aliphatic rings. The highest BCUT2D eigenvalue weighted by Crippen LogP contribution is 2.39. The zero-order chi connectivity index (χ0) is 22.1. The minimum atomic E-state index is -2.17. The van der Waals surface area contributed by atoms with E-state index < -0.39 is 17.1 Å². The van der Waals surface area contributed by atoms with Crippen LogP contribution in [0.15, 0.2) is 59.7 Å². The van der Waals surface area contributed by atoms with Crippen LogP contribution in [0.2, 0.25) is 5.02 Å². The van der Waals surface area contributed by atoms with Crippen molar-refractivity contribution in [1.82, 2.24) is 14.3 Å². The van der Waals surface area contributed by atoms with Crippen LogP contribution < -0.4 is 15.0 Å². The molecule has 0 fully saturated rings. The molecule has 1 unspecified atom stereocenters. The summed E-state index contributed by atoms with van der Waals surface area (Å²) < 4.78 is 43.4. The maximum atomic E-state index is 13.4. The van der Waals surface area contributed by atoms with E-state index in [1.54, 1.807) is 43.7 Å². The molecule has 2 aromatic carbocycles. The van der Waals surface area contributed by atoms with Crippen LogP contribution in [0.25, 0.3) is 22.0 Å². The Morgan fingerprint density at radius 3 is 2.71 bits per heavy atom. The predicted octanol–water partition coefficient (Wildman–Crippen LogP) is 4.34. The van der Waals surface area contributed by atoms with Crippen LogP contribution in [-0.2, 0) is 24.9 Å². The third-order valence-electron chi connectivity index (χ3n) is 4.74. The Balaban J connectivity index is 1.88. The lowest BCUT2D eigenvalue weighted by Crippen LogP contribution is -2.17. The molecular formula is C21H17ClFN3O4S. The van der Waals surface area contributed by atoms with Gasteiger partial charge in [0.2, 0.25) is 11.3 Å². The number of hydrogen-bond acceptors (Lipinski definition) is 3. The Morgan fingerprint density at radius 2 is 1.97 bits per heavy atom. The zero-order valence-electron chi connectivity index (χ0n) is 16.2. The summed E-state index contributed by atoms with van der Waals surface area (Å²) in [4.78, 5) is 15.4. The lowest BCUT2D eigenvalue weighted by atomic mass is 10.0. The van der Waals surface area contributed by atoms with Crippen molar-refractivity contribution in [1.29, 1.82) is 0 Å². The molecule has 7 nitrogen and oxygen atoms in total. The number of halogens is 2. The van der Waals surface area contributed by atoms with E-state index in [9.17, 15) is 13.4 Å². The number of nitrogens with zero attached hydrogens (tertiary/aromatic N) is 1. The molecule has 3 N–H and O–H groups in total. The number of pyridine rings is 1. The summed E-state index contributed by atoms with van der Waals surface area (Å²) in [5.74, 6) is 0.202. The molecule has 2 aromatic heterocycles. The van der Waals surface area contributed by atoms with Crippen LogP contribution in [0.3, 0.4) is 0 Å². The lowest BCUT2D eigenvalue weighted by Gasteiger charge is -2.16. The number of nitrogens with one attached hydrogen (secondary N) is 2. The molecule has 0 radical (unpaired) electrons. The van der Waals surface area contributed by atoms with Crippen molar-refractivity contribution < 1.29 is 17.9 Å². The number of hydrogen-bond donors (Lipinski definition) is 3. The first-order valence-corrected chi connectivity index (χ1v) is 10.6. The van der Waals surface area contributed by atoms with Crippen molar-refractivity contribution in [2.75, 3.05) is 0 Å². The van der Waals surface area contributed by atoms with Gasteiger partial charge in [-0.05, 0) is 42.0 Å². The van der Waals surface area contributed by atoms with Crippen molar-refractivity contribution in [2.24, 2.45) is 7.05 Å². The van der Waals surface area contributed by atoms with Gasteiger partial charge in [-0.25, -0.2) is 13.3 Å². The molecule has 0 amide bonds. The molecule has 0 aliphatic heterocycles. The summed E-state index contributed by atoms with van der Waals surface area (Å²) in [6.45, 7) is 0.135. The smallest absolute Gasteiger partial charge is 0.274 e. The summed E-state index contributed by atoms with van der Waals surface area (Å²) in [6.07, 6.45) is 3.36. The quantitative estimate of drug-likeness (QED) is 0.372. The van der Waals surface area contributed by atoms with Crippen LogP contribution in [0.4, 0.5) is 4.39 Å². The Kier molecular flexibility index (Phi) is 5.92. The number of H-pyrrole nitrogens is 1. The summed E-state index contributed by atoms with van der Waals surface area (Å²) in [5, 5.41) is 0.800. The monoisotopic (exact) mass is 461 g/mol. The Hall–Kier alpha value is -2.98. The van der Waals surface area contributed by atoms with Gasteiger partial charge in [-0.2, -0.15) is 0 Å². The molecule has 0 saturated carbocycles. The molecule has 31 heavy (non-hydrogen) atoms. The highest BCUT2D eigenvalue weighted by Gasteiger charge is 2.16. The maximum absolute atomic E-state index is 13.4. The molecule has 4 rings (SSSR count). The first-order valence-electron chi connectivity index (χ1n) is 9.11. The number of aromatic amines is 1. The van der Waals surface area contributed by atoms with E-state index in [2.05, 4.69) is 9.71 Å². The van der Waals surface area contributed by atoms with E-state index in [0.29, 0.717) is 33.3 Å². The van der Waals surface area contributed by atoms with Gasteiger partial charge in [0, 0.05) is 42.5 Å². The average molecular weight is 462 g/mol. The molecule has 0 spiro atoms. The Bertz CT molecular complexity index is 1370. The number of ether oxygens (including phenoxy) is 1. The molecule has 2 heterocycles. The van der Waals surface area contributed by atoms with Crippen LogP contribution in [0, 0.1) is 5.82 Å². The largest absolute Gasteiger partial charge is 0.455 e. The van der Waals surface area contributed by atoms with E-state index in [0.717, 1.165) is 6.07 Å². The number of rotatable bonds is 6. The summed E-state index contributed by atoms with van der Waals surface area (Å²) in [7, 11) is 1.64. The van der Waals surface area contributed by atoms with Crippen molar-refractivity contribution >= 4 is 33.8 Å². The minimum absolute atomic E-state index is 0.111. The van der Waals surface area contributed by atoms with Gasteiger partial charge in [0.25, 0.3) is 5.56 Å². The van der Waals surface area contributed by atoms with Crippen LogP contribution >= 0.6 is 11.6 Å². The van der Waals surface area contributed by atoms with Gasteiger partial charge in [-0.3, -0.25) is 9.35 Å². The number of aromatic nitrogens is 2. The molecule has 0 saturated heterocycles. The van der Waals surface area contributed by atoms with Gasteiger partial charge in [0.1, 0.15) is 22.8 Å². The average Bonchev–Trinajstić information content (AvgIpc) is 3.22. The zero-order valence-corrected chi connectivity index (χ0v) is 17.8. The molecule has 10 heteroatoms. The highest BCUT2D eigenvalue weighted by atomic mass is 35.5. The molecule has 4 aromatic rings. The van der Waals surface area contributed by atoms with E-state index in [1.807, 2.05) is 0 Å². The second-order valence-corrected chi connectivity index (χ2v) is 8.00. The molecule has 1 atom stereocenters. The number of aryl methyl sites for hydroxylation is 1. The van der Waals surface area contributed by atoms with Crippen LogP contribution in [0.5, 0.6) is 11.5 Å². The van der Waals surface area contributed by atoms with Crippen molar-refractivity contribution in [3.05, 3.63) is 81.6 Å². The maximum Gasteiger partial charge on any atom is 0.274 e. The predicted molar refractivity (Wildman–Crippen MR) is 118 cm³/mol. The molecular weight excluding hydrogens is 445 g/mol. The standard InChI is InChI=1S/C21H17ClFN3O4S/c1-26-11-16(14-6-7-24-20(14)21(26)27)15-8-12(10-25-31(28)29)2-4-18(15)30-19-5-3-13(23)9-17(19)22/h2-9,11,24-25H,10H2,1H3,(H,28,29). The van der Waals surface area contributed by atoms with Gasteiger partial charge < -0.3 is 14.3 Å². The number of fused-ring (bicyclic) bond motifs is 1. The van der Waals surface area contributed by atoms with E-state index in [1.165, 1.54) is 16.7 Å². The number of benzene rings is 2. The first-order chi connectivity index (χ1) is 14.8. The van der Waals surface area contributed by atoms with Crippen LogP contribution in [0.1, 0.15) is 5.56 Å². The second kappa shape index (κ2) is 8.64. The SMILES string of the molecule is Cn1cc(-c2cc(CNS(=O)O)ccc2Oc2ccc(F)cc2Cl)c2cc[nH]c2c1=O. The van der Waals surface area contributed by atoms with Gasteiger partial charge in [0.05, 0.1) is 5.02 Å². The first kappa shape index (κ1) is 21.3. The van der Waals surface area contributed by atoms with E-state index in [4.69, 9.17) is 20.9 Å². The summed E-state index contributed by atoms with van der Waals surface area (Å²) in [6, 6.07) is 10.8. The third-order valence-corrected chi connectivity index (χ3v) is 5.43. The minimum Gasteiger partial charge on any atom is -0.455 e. The summed E-state index contributed by atoms with van der Waals surface area (Å²) >= 11 is 3.96. The van der Waals surface area contributed by atoms with Crippen molar-refractivity contribution in [2.45, 2.75) is 6.54 Å².